The van der Waals surface area contributed by atoms with Gasteiger partial charge >= 0.3 is 0 Å². The Hall–Kier alpha value is -1.77. The fraction of sp³-hybridized carbons (Fsp3) is 0.118. The van der Waals surface area contributed by atoms with Crippen molar-refractivity contribution in [2.24, 2.45) is 0 Å². The molecule has 2 aromatic carbocycles. The average Bonchev–Trinajstić information content (AvgIpc) is 2.91. The molecule has 4 rings (SSSR count). The van der Waals surface area contributed by atoms with Crippen LogP contribution in [0.4, 0.5) is 0 Å². The Morgan fingerprint density at radius 2 is 1.86 bits per heavy atom. The van der Waals surface area contributed by atoms with E-state index in [1.165, 1.54) is 5.56 Å². The summed E-state index contributed by atoms with van der Waals surface area (Å²) in [6.45, 7) is 0.892. The molecule has 0 N–H and O–H groups in total. The van der Waals surface area contributed by atoms with Crippen LogP contribution in [0.5, 0.6) is 0 Å². The number of rotatable bonds is 1. The maximum absolute atomic E-state index is 6.40. The number of hydrogen-bond acceptors (Lipinski definition) is 1. The fourth-order valence-corrected chi connectivity index (χ4v) is 3.59. The van der Waals surface area contributed by atoms with Crippen LogP contribution in [0.2, 0.25) is 10.0 Å². The minimum absolute atomic E-state index is 0.690. The summed E-state index contributed by atoms with van der Waals surface area (Å²) in [6, 6.07) is 14.0. The number of aromatic nitrogens is 2. The van der Waals surface area contributed by atoms with Crippen LogP contribution in [0.25, 0.3) is 22.6 Å². The molecule has 0 saturated heterocycles. The number of halogens is 2. The Balaban J connectivity index is 1.92. The highest BCUT2D eigenvalue weighted by Crippen LogP contribution is 2.39. The van der Waals surface area contributed by atoms with E-state index in [9.17, 15) is 0 Å². The fourth-order valence-electron chi connectivity index (χ4n) is 2.96. The van der Waals surface area contributed by atoms with Gasteiger partial charge in [0.15, 0.2) is 0 Å². The molecule has 1 aromatic heterocycles. The summed E-state index contributed by atoms with van der Waals surface area (Å²) in [5.74, 6) is 0.988. The van der Waals surface area contributed by atoms with Gasteiger partial charge in [-0.25, -0.2) is 4.98 Å². The van der Waals surface area contributed by atoms with Gasteiger partial charge in [-0.05, 0) is 24.1 Å². The van der Waals surface area contributed by atoms with E-state index >= 15 is 0 Å². The summed E-state index contributed by atoms with van der Waals surface area (Å²) in [6.07, 6.45) is 2.82. The van der Waals surface area contributed by atoms with E-state index < -0.39 is 0 Å². The number of imidazole rings is 1. The molecule has 1 aliphatic rings. The lowest BCUT2D eigenvalue weighted by molar-refractivity contribution is 0.691. The highest BCUT2D eigenvalue weighted by Gasteiger charge is 2.22. The van der Waals surface area contributed by atoms with Crippen molar-refractivity contribution >= 4 is 23.2 Å². The Morgan fingerprint density at radius 1 is 1.05 bits per heavy atom. The Morgan fingerprint density at radius 3 is 2.67 bits per heavy atom. The van der Waals surface area contributed by atoms with Gasteiger partial charge in [0.05, 0.1) is 16.9 Å². The van der Waals surface area contributed by atoms with Gasteiger partial charge in [0.2, 0.25) is 0 Å². The topological polar surface area (TPSA) is 17.8 Å². The maximum Gasteiger partial charge on any atom is 0.140 e. The third kappa shape index (κ3) is 2.06. The van der Waals surface area contributed by atoms with Crippen LogP contribution >= 0.6 is 23.2 Å². The molecule has 2 nitrogen and oxygen atoms in total. The molecule has 0 amide bonds. The van der Waals surface area contributed by atoms with Crippen molar-refractivity contribution < 1.29 is 0 Å². The molecular weight excluding hydrogens is 303 g/mol. The largest absolute Gasteiger partial charge is 0.324 e. The quantitative estimate of drug-likeness (QED) is 0.612. The molecule has 0 fully saturated rings. The van der Waals surface area contributed by atoms with Crippen LogP contribution < -0.4 is 0 Å². The molecule has 21 heavy (non-hydrogen) atoms. The van der Waals surface area contributed by atoms with Crippen LogP contribution in [-0.4, -0.2) is 9.55 Å². The molecule has 0 atom stereocenters. The Labute approximate surface area is 133 Å². The summed E-state index contributed by atoms with van der Waals surface area (Å²) in [5, 5.41) is 1.38. The van der Waals surface area contributed by atoms with E-state index in [0.29, 0.717) is 10.0 Å². The molecule has 0 unspecified atom stereocenters. The average molecular weight is 315 g/mol. The van der Waals surface area contributed by atoms with E-state index in [1.54, 1.807) is 6.07 Å². The minimum atomic E-state index is 0.690. The zero-order valence-corrected chi connectivity index (χ0v) is 12.7. The summed E-state index contributed by atoms with van der Waals surface area (Å²) >= 11 is 12.5. The second-order valence-electron chi connectivity index (χ2n) is 5.16. The van der Waals surface area contributed by atoms with Crippen molar-refractivity contribution in [3.8, 4) is 22.6 Å². The molecule has 0 radical (unpaired) electrons. The highest BCUT2D eigenvalue weighted by molar-refractivity contribution is 6.36. The zero-order valence-electron chi connectivity index (χ0n) is 11.2. The van der Waals surface area contributed by atoms with Crippen LogP contribution in [0, 0.1) is 0 Å². The Bertz CT molecular complexity index is 822. The van der Waals surface area contributed by atoms with Gasteiger partial charge in [0, 0.05) is 22.7 Å². The molecule has 0 saturated carbocycles. The standard InChI is InChI=1S/C17H12Cl2N2/c18-13-8-12-6-7-21-15(16(12)14(19)9-13)10-20-17(21)11-4-2-1-3-5-11/h1-5,8-10H,6-7H2. The van der Waals surface area contributed by atoms with Crippen molar-refractivity contribution in [3.63, 3.8) is 0 Å². The summed E-state index contributed by atoms with van der Waals surface area (Å²) in [4.78, 5) is 4.60. The first-order valence-electron chi connectivity index (χ1n) is 6.83. The predicted octanol–water partition coefficient (Wildman–Crippen LogP) is 5.08. The number of aryl methyl sites for hydroxylation is 1. The summed E-state index contributed by atoms with van der Waals surface area (Å²) < 4.78 is 2.23. The molecule has 0 bridgehead atoms. The van der Waals surface area contributed by atoms with Crippen molar-refractivity contribution in [1.82, 2.24) is 9.55 Å². The number of hydrogen-bond donors (Lipinski definition) is 0. The minimum Gasteiger partial charge on any atom is -0.324 e. The Kier molecular flexibility index (Phi) is 3.02. The maximum atomic E-state index is 6.40. The third-order valence-electron chi connectivity index (χ3n) is 3.89. The van der Waals surface area contributed by atoms with Gasteiger partial charge in [-0.3, -0.25) is 0 Å². The van der Waals surface area contributed by atoms with E-state index in [4.69, 9.17) is 23.2 Å². The number of fused-ring (bicyclic) bond motifs is 3. The van der Waals surface area contributed by atoms with Gasteiger partial charge in [-0.1, -0.05) is 53.5 Å². The zero-order chi connectivity index (χ0) is 14.4. The first kappa shape index (κ1) is 12.9. The molecule has 2 heterocycles. The van der Waals surface area contributed by atoms with Crippen molar-refractivity contribution in [2.75, 3.05) is 0 Å². The lowest BCUT2D eigenvalue weighted by atomic mass is 9.98. The van der Waals surface area contributed by atoms with Crippen LogP contribution in [0.1, 0.15) is 5.56 Å². The molecule has 1 aliphatic heterocycles. The molecule has 0 aliphatic carbocycles. The van der Waals surface area contributed by atoms with E-state index in [0.717, 1.165) is 35.6 Å². The lowest BCUT2D eigenvalue weighted by Crippen LogP contribution is -2.12. The van der Waals surface area contributed by atoms with Crippen molar-refractivity contribution in [1.29, 1.82) is 0 Å². The highest BCUT2D eigenvalue weighted by atomic mass is 35.5. The summed E-state index contributed by atoms with van der Waals surface area (Å²) in [7, 11) is 0. The van der Waals surface area contributed by atoms with E-state index in [1.807, 2.05) is 30.5 Å². The second kappa shape index (κ2) is 4.90. The van der Waals surface area contributed by atoms with Crippen LogP contribution in [-0.2, 0) is 13.0 Å². The SMILES string of the molecule is Clc1cc(Cl)c2c(c1)CCn1c-2cnc1-c1ccccc1. The lowest BCUT2D eigenvalue weighted by Gasteiger charge is -2.21. The van der Waals surface area contributed by atoms with Gasteiger partial charge in [-0.2, -0.15) is 0 Å². The number of benzene rings is 2. The number of nitrogens with zero attached hydrogens (tertiary/aromatic N) is 2. The normalized spacial score (nSPS) is 12.9. The van der Waals surface area contributed by atoms with Gasteiger partial charge < -0.3 is 4.57 Å². The monoisotopic (exact) mass is 314 g/mol. The molecule has 4 heteroatoms. The first-order valence-corrected chi connectivity index (χ1v) is 7.59. The molecule has 3 aromatic rings. The van der Waals surface area contributed by atoms with E-state index in [-0.39, 0.29) is 0 Å². The molecule has 0 spiro atoms. The van der Waals surface area contributed by atoms with Gasteiger partial charge in [0.1, 0.15) is 5.82 Å². The molecule has 104 valence electrons. The van der Waals surface area contributed by atoms with Gasteiger partial charge in [-0.15, -0.1) is 0 Å². The van der Waals surface area contributed by atoms with Crippen molar-refractivity contribution in [2.45, 2.75) is 13.0 Å². The smallest absolute Gasteiger partial charge is 0.140 e. The molecular formula is C17H12Cl2N2. The second-order valence-corrected chi connectivity index (χ2v) is 6.00. The first-order chi connectivity index (χ1) is 10.2. The van der Waals surface area contributed by atoms with Crippen LogP contribution in [0.3, 0.4) is 0 Å². The van der Waals surface area contributed by atoms with E-state index in [2.05, 4.69) is 21.7 Å². The predicted molar refractivity (Wildman–Crippen MR) is 86.8 cm³/mol. The summed E-state index contributed by atoms with van der Waals surface area (Å²) in [5.41, 5.74) is 4.44. The third-order valence-corrected chi connectivity index (χ3v) is 4.40. The van der Waals surface area contributed by atoms with Gasteiger partial charge in [0.25, 0.3) is 0 Å². The van der Waals surface area contributed by atoms with Crippen molar-refractivity contribution in [3.05, 3.63) is 64.3 Å². The van der Waals surface area contributed by atoms with Crippen LogP contribution in [0.15, 0.2) is 48.7 Å².